The van der Waals surface area contributed by atoms with Crippen molar-refractivity contribution in [2.45, 2.75) is 13.0 Å². The van der Waals surface area contributed by atoms with E-state index in [1.54, 1.807) is 7.11 Å². The highest BCUT2D eigenvalue weighted by Gasteiger charge is 2.17. The van der Waals surface area contributed by atoms with Crippen molar-refractivity contribution in [2.75, 3.05) is 19.5 Å². The van der Waals surface area contributed by atoms with Gasteiger partial charge < -0.3 is 10.1 Å². The van der Waals surface area contributed by atoms with E-state index in [0.717, 1.165) is 17.1 Å². The Morgan fingerprint density at radius 2 is 1.89 bits per heavy atom. The standard InChI is InChI=1S/C14H17N3O/c1-10-9-12(15-2)17-14(16-10)13(18-3)11-7-5-4-6-8-11/h4-9,13H,1-3H3,(H,15,16,17). The summed E-state index contributed by atoms with van der Waals surface area (Å²) in [6.07, 6.45) is -0.238. The zero-order valence-electron chi connectivity index (χ0n) is 10.8. The van der Waals surface area contributed by atoms with Crippen LogP contribution in [0.4, 0.5) is 5.82 Å². The number of methoxy groups -OCH3 is 1. The maximum atomic E-state index is 5.52. The number of aromatic nitrogens is 2. The molecular weight excluding hydrogens is 226 g/mol. The van der Waals surface area contributed by atoms with Crippen LogP contribution in [0, 0.1) is 6.92 Å². The second-order valence-electron chi connectivity index (χ2n) is 4.03. The average molecular weight is 243 g/mol. The van der Waals surface area contributed by atoms with Crippen LogP contribution in [-0.4, -0.2) is 24.1 Å². The monoisotopic (exact) mass is 243 g/mol. The van der Waals surface area contributed by atoms with Crippen molar-refractivity contribution < 1.29 is 4.74 Å². The largest absolute Gasteiger partial charge is 0.373 e. The predicted molar refractivity (Wildman–Crippen MR) is 71.6 cm³/mol. The molecule has 4 heteroatoms. The SMILES string of the molecule is CNc1cc(C)nc(C(OC)c2ccccc2)n1. The molecule has 2 aromatic rings. The summed E-state index contributed by atoms with van der Waals surface area (Å²) in [7, 11) is 3.51. The van der Waals surface area contributed by atoms with Crippen molar-refractivity contribution in [3.05, 3.63) is 53.5 Å². The van der Waals surface area contributed by atoms with Gasteiger partial charge in [-0.2, -0.15) is 0 Å². The fourth-order valence-corrected chi connectivity index (χ4v) is 1.86. The molecule has 0 aliphatic heterocycles. The third kappa shape index (κ3) is 2.65. The second kappa shape index (κ2) is 5.60. The molecule has 1 heterocycles. The number of ether oxygens (including phenoxy) is 1. The molecule has 18 heavy (non-hydrogen) atoms. The van der Waals surface area contributed by atoms with Gasteiger partial charge in [0.25, 0.3) is 0 Å². The van der Waals surface area contributed by atoms with Gasteiger partial charge in [0.2, 0.25) is 0 Å². The van der Waals surface area contributed by atoms with Crippen LogP contribution < -0.4 is 5.32 Å². The van der Waals surface area contributed by atoms with Gasteiger partial charge in [-0.05, 0) is 12.5 Å². The number of anilines is 1. The van der Waals surface area contributed by atoms with Gasteiger partial charge >= 0.3 is 0 Å². The molecule has 1 aromatic heterocycles. The molecule has 1 aromatic carbocycles. The number of hydrogen-bond acceptors (Lipinski definition) is 4. The quantitative estimate of drug-likeness (QED) is 0.896. The smallest absolute Gasteiger partial charge is 0.164 e. The molecule has 0 amide bonds. The number of rotatable bonds is 4. The predicted octanol–water partition coefficient (Wildman–Crippen LogP) is 2.56. The molecule has 4 nitrogen and oxygen atoms in total. The third-order valence-corrected chi connectivity index (χ3v) is 2.70. The molecule has 0 saturated heterocycles. The van der Waals surface area contributed by atoms with E-state index in [1.165, 1.54) is 0 Å². The molecule has 0 saturated carbocycles. The molecule has 0 fully saturated rings. The summed E-state index contributed by atoms with van der Waals surface area (Å²) >= 11 is 0. The summed E-state index contributed by atoms with van der Waals surface area (Å²) in [5, 5.41) is 3.03. The van der Waals surface area contributed by atoms with Gasteiger partial charge in [0.15, 0.2) is 5.82 Å². The van der Waals surface area contributed by atoms with Crippen LogP contribution in [-0.2, 0) is 4.74 Å². The molecular formula is C14H17N3O. The van der Waals surface area contributed by atoms with Crippen molar-refractivity contribution in [1.82, 2.24) is 9.97 Å². The van der Waals surface area contributed by atoms with Crippen molar-refractivity contribution in [3.63, 3.8) is 0 Å². The number of nitrogens with one attached hydrogen (secondary N) is 1. The Labute approximate surface area is 107 Å². The number of benzene rings is 1. The van der Waals surface area contributed by atoms with Gasteiger partial charge in [-0.3, -0.25) is 0 Å². The summed E-state index contributed by atoms with van der Waals surface area (Å²) in [5.41, 5.74) is 1.97. The Hall–Kier alpha value is -1.94. The summed E-state index contributed by atoms with van der Waals surface area (Å²) in [5.74, 6) is 1.48. The first-order chi connectivity index (χ1) is 8.74. The number of hydrogen-bond donors (Lipinski definition) is 1. The Kier molecular flexibility index (Phi) is 3.89. The Morgan fingerprint density at radius 1 is 1.17 bits per heavy atom. The minimum atomic E-state index is -0.238. The van der Waals surface area contributed by atoms with Crippen LogP contribution in [0.5, 0.6) is 0 Å². The lowest BCUT2D eigenvalue weighted by atomic mass is 10.1. The van der Waals surface area contributed by atoms with E-state index in [2.05, 4.69) is 15.3 Å². The van der Waals surface area contributed by atoms with Crippen molar-refractivity contribution in [1.29, 1.82) is 0 Å². The summed E-state index contributed by atoms with van der Waals surface area (Å²) in [4.78, 5) is 8.91. The maximum Gasteiger partial charge on any atom is 0.164 e. The Balaban J connectivity index is 2.42. The second-order valence-corrected chi connectivity index (χ2v) is 4.03. The van der Waals surface area contributed by atoms with Gasteiger partial charge in [0.1, 0.15) is 11.9 Å². The number of aryl methyl sites for hydroxylation is 1. The molecule has 0 aliphatic rings. The van der Waals surface area contributed by atoms with E-state index in [-0.39, 0.29) is 6.10 Å². The highest BCUT2D eigenvalue weighted by atomic mass is 16.5. The van der Waals surface area contributed by atoms with Crippen LogP contribution in [0.25, 0.3) is 0 Å². The lowest BCUT2D eigenvalue weighted by molar-refractivity contribution is 0.129. The summed E-state index contributed by atoms with van der Waals surface area (Å²) in [6, 6.07) is 11.9. The molecule has 2 rings (SSSR count). The highest BCUT2D eigenvalue weighted by Crippen LogP contribution is 2.23. The zero-order chi connectivity index (χ0) is 13.0. The van der Waals surface area contributed by atoms with Gasteiger partial charge in [-0.15, -0.1) is 0 Å². The van der Waals surface area contributed by atoms with Crippen molar-refractivity contribution in [2.24, 2.45) is 0 Å². The molecule has 1 unspecified atom stereocenters. The first kappa shape index (κ1) is 12.5. The van der Waals surface area contributed by atoms with E-state index in [4.69, 9.17) is 4.74 Å². The molecule has 0 radical (unpaired) electrons. The Morgan fingerprint density at radius 3 is 2.50 bits per heavy atom. The molecule has 0 bridgehead atoms. The molecule has 1 N–H and O–H groups in total. The first-order valence-corrected chi connectivity index (χ1v) is 5.85. The van der Waals surface area contributed by atoms with Crippen LogP contribution in [0.1, 0.15) is 23.2 Å². The van der Waals surface area contributed by atoms with Gasteiger partial charge in [-0.1, -0.05) is 30.3 Å². The van der Waals surface area contributed by atoms with E-state index in [1.807, 2.05) is 50.4 Å². The number of nitrogens with zero attached hydrogens (tertiary/aromatic N) is 2. The average Bonchev–Trinajstić information content (AvgIpc) is 2.40. The van der Waals surface area contributed by atoms with Gasteiger partial charge in [0, 0.05) is 25.9 Å². The Bertz CT molecular complexity index is 514. The summed E-state index contributed by atoms with van der Waals surface area (Å²) in [6.45, 7) is 1.95. The lowest BCUT2D eigenvalue weighted by Crippen LogP contribution is -2.10. The van der Waals surface area contributed by atoms with E-state index in [9.17, 15) is 0 Å². The molecule has 1 atom stereocenters. The molecule has 0 spiro atoms. The van der Waals surface area contributed by atoms with Crippen molar-refractivity contribution in [3.8, 4) is 0 Å². The topological polar surface area (TPSA) is 47.0 Å². The minimum Gasteiger partial charge on any atom is -0.373 e. The fraction of sp³-hybridized carbons (Fsp3) is 0.286. The highest BCUT2D eigenvalue weighted by molar-refractivity contribution is 5.36. The van der Waals surface area contributed by atoms with Crippen LogP contribution in [0.2, 0.25) is 0 Å². The van der Waals surface area contributed by atoms with Crippen LogP contribution in [0.3, 0.4) is 0 Å². The van der Waals surface area contributed by atoms with Gasteiger partial charge in [0.05, 0.1) is 0 Å². The fourth-order valence-electron chi connectivity index (χ4n) is 1.86. The van der Waals surface area contributed by atoms with E-state index in [0.29, 0.717) is 5.82 Å². The van der Waals surface area contributed by atoms with Gasteiger partial charge in [-0.25, -0.2) is 9.97 Å². The zero-order valence-corrected chi connectivity index (χ0v) is 10.8. The minimum absolute atomic E-state index is 0.238. The van der Waals surface area contributed by atoms with Crippen LogP contribution >= 0.6 is 0 Å². The lowest BCUT2D eigenvalue weighted by Gasteiger charge is -2.15. The maximum absolute atomic E-state index is 5.52. The van der Waals surface area contributed by atoms with E-state index >= 15 is 0 Å². The third-order valence-electron chi connectivity index (χ3n) is 2.70. The molecule has 0 aliphatic carbocycles. The first-order valence-electron chi connectivity index (χ1n) is 5.85. The van der Waals surface area contributed by atoms with Crippen LogP contribution in [0.15, 0.2) is 36.4 Å². The molecule has 94 valence electrons. The normalized spacial score (nSPS) is 12.2. The van der Waals surface area contributed by atoms with Crippen molar-refractivity contribution >= 4 is 5.82 Å². The summed E-state index contributed by atoms with van der Waals surface area (Å²) < 4.78 is 5.52. The van der Waals surface area contributed by atoms with E-state index < -0.39 is 0 Å².